The smallest absolute Gasteiger partial charge is 0.306 e. The van der Waals surface area contributed by atoms with Gasteiger partial charge in [-0.1, -0.05) is 6.07 Å². The largest absolute Gasteiger partial charge is 0.497 e. The maximum absolute atomic E-state index is 11.6. The van der Waals surface area contributed by atoms with Gasteiger partial charge in [-0.3, -0.25) is 4.79 Å². The topological polar surface area (TPSA) is 69.7 Å². The van der Waals surface area contributed by atoms with E-state index >= 15 is 0 Å². The molecule has 0 aliphatic carbocycles. The van der Waals surface area contributed by atoms with Crippen LogP contribution >= 0.6 is 0 Å². The summed E-state index contributed by atoms with van der Waals surface area (Å²) in [6.07, 6.45) is 2.69. The monoisotopic (exact) mass is 328 g/mol. The lowest BCUT2D eigenvalue weighted by molar-refractivity contribution is -0.147. The van der Waals surface area contributed by atoms with Gasteiger partial charge in [-0.2, -0.15) is 0 Å². The molecule has 0 saturated carbocycles. The highest BCUT2D eigenvalue weighted by Crippen LogP contribution is 2.46. The first kappa shape index (κ1) is 16.1. The summed E-state index contributed by atoms with van der Waals surface area (Å²) in [5.41, 5.74) is 0.737. The Morgan fingerprint density at radius 3 is 2.67 bits per heavy atom. The standard InChI is InChI=1S/C18H20N2O4/c1-18(8-7-16(21)24-18)13-10-12(22-2)11-14(17(13)23-3)20-15-6-4-5-9-19-15/h4-6,9-11H,7-8H2,1-3H3,(H,19,20). The second-order valence-corrected chi connectivity index (χ2v) is 5.80. The highest BCUT2D eigenvalue weighted by Gasteiger charge is 2.40. The van der Waals surface area contributed by atoms with Crippen molar-refractivity contribution in [1.82, 2.24) is 4.98 Å². The Bertz CT molecular complexity index is 748. The Morgan fingerprint density at radius 1 is 1.25 bits per heavy atom. The van der Waals surface area contributed by atoms with Crippen LogP contribution in [-0.2, 0) is 15.1 Å². The Morgan fingerprint density at radius 2 is 2.08 bits per heavy atom. The maximum Gasteiger partial charge on any atom is 0.306 e. The van der Waals surface area contributed by atoms with Crippen LogP contribution in [0.4, 0.5) is 11.5 Å². The number of benzene rings is 1. The van der Waals surface area contributed by atoms with Crippen LogP contribution < -0.4 is 14.8 Å². The molecule has 24 heavy (non-hydrogen) atoms. The number of methoxy groups -OCH3 is 2. The molecular weight excluding hydrogens is 308 g/mol. The van der Waals surface area contributed by atoms with E-state index in [2.05, 4.69) is 10.3 Å². The van der Waals surface area contributed by atoms with Gasteiger partial charge in [-0.15, -0.1) is 0 Å². The predicted octanol–water partition coefficient (Wildman–Crippen LogP) is 3.39. The van der Waals surface area contributed by atoms with Crippen LogP contribution in [0.25, 0.3) is 0 Å². The lowest BCUT2D eigenvalue weighted by Crippen LogP contribution is -2.22. The van der Waals surface area contributed by atoms with Crippen molar-refractivity contribution in [1.29, 1.82) is 0 Å². The molecule has 1 N–H and O–H groups in total. The fourth-order valence-electron chi connectivity index (χ4n) is 2.88. The highest BCUT2D eigenvalue weighted by atomic mass is 16.6. The van der Waals surface area contributed by atoms with E-state index in [9.17, 15) is 4.79 Å². The molecule has 1 fully saturated rings. The van der Waals surface area contributed by atoms with Gasteiger partial charge in [0, 0.05) is 30.7 Å². The van der Waals surface area contributed by atoms with Crippen molar-refractivity contribution >= 4 is 17.5 Å². The van der Waals surface area contributed by atoms with Crippen LogP contribution in [0.2, 0.25) is 0 Å². The van der Waals surface area contributed by atoms with Crippen LogP contribution in [0.1, 0.15) is 25.3 Å². The summed E-state index contributed by atoms with van der Waals surface area (Å²) in [5.74, 6) is 1.73. The first-order valence-electron chi connectivity index (χ1n) is 7.72. The quantitative estimate of drug-likeness (QED) is 0.848. The Labute approximate surface area is 140 Å². The third-order valence-corrected chi connectivity index (χ3v) is 4.14. The molecule has 1 aromatic carbocycles. The van der Waals surface area contributed by atoms with Crippen molar-refractivity contribution in [3.05, 3.63) is 42.1 Å². The first-order chi connectivity index (χ1) is 11.6. The van der Waals surface area contributed by atoms with E-state index in [-0.39, 0.29) is 5.97 Å². The fraction of sp³-hybridized carbons (Fsp3) is 0.333. The molecule has 0 amide bonds. The number of nitrogens with zero attached hydrogens (tertiary/aromatic N) is 1. The first-order valence-corrected chi connectivity index (χ1v) is 7.72. The van der Waals surface area contributed by atoms with Crippen LogP contribution in [0.5, 0.6) is 11.5 Å². The second-order valence-electron chi connectivity index (χ2n) is 5.80. The van der Waals surface area contributed by atoms with E-state index in [0.717, 1.165) is 5.56 Å². The fourth-order valence-corrected chi connectivity index (χ4v) is 2.88. The molecule has 1 unspecified atom stereocenters. The molecule has 2 heterocycles. The zero-order valence-corrected chi connectivity index (χ0v) is 14.0. The minimum absolute atomic E-state index is 0.207. The molecule has 6 nitrogen and oxygen atoms in total. The summed E-state index contributed by atoms with van der Waals surface area (Å²) in [7, 11) is 3.19. The lowest BCUT2D eigenvalue weighted by atomic mass is 9.91. The molecule has 2 aromatic rings. The number of hydrogen-bond donors (Lipinski definition) is 1. The normalized spacial score (nSPS) is 19.7. The molecular formula is C18H20N2O4. The highest BCUT2D eigenvalue weighted by molar-refractivity contribution is 5.75. The number of cyclic esters (lactones) is 1. The third-order valence-electron chi connectivity index (χ3n) is 4.14. The van der Waals surface area contributed by atoms with E-state index in [1.165, 1.54) is 0 Å². The van der Waals surface area contributed by atoms with Gasteiger partial charge in [0.1, 0.15) is 22.9 Å². The van der Waals surface area contributed by atoms with Crippen LogP contribution in [-0.4, -0.2) is 25.2 Å². The molecule has 0 radical (unpaired) electrons. The van der Waals surface area contributed by atoms with E-state index in [1.54, 1.807) is 20.4 Å². The number of esters is 1. The number of carbonyl (C=O) groups is 1. The number of rotatable bonds is 5. The van der Waals surface area contributed by atoms with Gasteiger partial charge >= 0.3 is 5.97 Å². The Hall–Kier alpha value is -2.76. The molecule has 0 bridgehead atoms. The van der Waals surface area contributed by atoms with E-state index in [1.807, 2.05) is 37.3 Å². The van der Waals surface area contributed by atoms with E-state index in [0.29, 0.717) is 35.8 Å². The maximum atomic E-state index is 11.6. The molecule has 1 aliphatic heterocycles. The van der Waals surface area contributed by atoms with Gasteiger partial charge in [-0.25, -0.2) is 4.98 Å². The van der Waals surface area contributed by atoms with Crippen LogP contribution in [0.3, 0.4) is 0 Å². The number of aromatic nitrogens is 1. The van der Waals surface area contributed by atoms with Gasteiger partial charge in [-0.05, 0) is 25.1 Å². The number of pyridine rings is 1. The summed E-state index contributed by atoms with van der Waals surface area (Å²) in [4.78, 5) is 15.9. The lowest BCUT2D eigenvalue weighted by Gasteiger charge is -2.27. The third kappa shape index (κ3) is 2.99. The van der Waals surface area contributed by atoms with Crippen molar-refractivity contribution in [3.63, 3.8) is 0 Å². The van der Waals surface area contributed by atoms with Gasteiger partial charge in [0.25, 0.3) is 0 Å². The van der Waals surface area contributed by atoms with Crippen molar-refractivity contribution in [2.24, 2.45) is 0 Å². The summed E-state index contributed by atoms with van der Waals surface area (Å²) in [6, 6.07) is 9.27. The van der Waals surface area contributed by atoms with Crippen LogP contribution in [0.15, 0.2) is 36.5 Å². The van der Waals surface area contributed by atoms with Gasteiger partial charge in [0.15, 0.2) is 0 Å². The number of nitrogens with one attached hydrogen (secondary N) is 1. The minimum Gasteiger partial charge on any atom is -0.497 e. The Kier molecular flexibility index (Phi) is 4.29. The molecule has 6 heteroatoms. The molecule has 1 aromatic heterocycles. The van der Waals surface area contributed by atoms with E-state index < -0.39 is 5.60 Å². The van der Waals surface area contributed by atoms with E-state index in [4.69, 9.17) is 14.2 Å². The molecule has 1 saturated heterocycles. The summed E-state index contributed by atoms with van der Waals surface area (Å²) >= 11 is 0. The summed E-state index contributed by atoms with van der Waals surface area (Å²) < 4.78 is 16.6. The zero-order chi connectivity index (χ0) is 17.2. The summed E-state index contributed by atoms with van der Waals surface area (Å²) in [6.45, 7) is 1.89. The molecule has 3 rings (SSSR count). The molecule has 126 valence electrons. The second kappa shape index (κ2) is 6.39. The van der Waals surface area contributed by atoms with Crippen LogP contribution in [0, 0.1) is 0 Å². The SMILES string of the molecule is COc1cc(Nc2ccccn2)c(OC)c(C2(C)CCC(=O)O2)c1. The van der Waals surface area contributed by atoms with Gasteiger partial charge in [0.2, 0.25) is 0 Å². The average Bonchev–Trinajstić information content (AvgIpc) is 2.95. The number of anilines is 2. The number of carbonyl (C=O) groups excluding carboxylic acids is 1. The summed E-state index contributed by atoms with van der Waals surface area (Å²) in [5, 5.41) is 3.23. The van der Waals surface area contributed by atoms with Gasteiger partial charge < -0.3 is 19.5 Å². The average molecular weight is 328 g/mol. The molecule has 1 aliphatic rings. The zero-order valence-electron chi connectivity index (χ0n) is 14.0. The number of ether oxygens (including phenoxy) is 3. The minimum atomic E-state index is -0.739. The molecule has 1 atom stereocenters. The number of hydrogen-bond acceptors (Lipinski definition) is 6. The van der Waals surface area contributed by atoms with Crippen molar-refractivity contribution in [3.8, 4) is 11.5 Å². The van der Waals surface area contributed by atoms with Crippen molar-refractivity contribution in [2.45, 2.75) is 25.4 Å². The Balaban J connectivity index is 2.08. The van der Waals surface area contributed by atoms with Crippen molar-refractivity contribution in [2.75, 3.05) is 19.5 Å². The predicted molar refractivity (Wildman–Crippen MR) is 89.7 cm³/mol. The molecule has 0 spiro atoms. The van der Waals surface area contributed by atoms with Crippen molar-refractivity contribution < 1.29 is 19.0 Å². The van der Waals surface area contributed by atoms with Gasteiger partial charge in [0.05, 0.1) is 19.9 Å².